The molecule has 0 radical (unpaired) electrons. The van der Waals surface area contributed by atoms with Crippen molar-refractivity contribution < 1.29 is 13.6 Å². The molecule has 0 saturated heterocycles. The van der Waals surface area contributed by atoms with E-state index in [4.69, 9.17) is 0 Å². The highest BCUT2D eigenvalue weighted by Gasteiger charge is 2.25. The molecule has 0 amide bonds. The lowest BCUT2D eigenvalue weighted by Crippen LogP contribution is -2.10. The number of fused-ring (bicyclic) bond motifs is 2. The van der Waals surface area contributed by atoms with Gasteiger partial charge in [-0.1, -0.05) is 6.92 Å². The molecule has 3 aromatic heterocycles. The number of carbonyl (C=O) groups is 1. The van der Waals surface area contributed by atoms with Crippen molar-refractivity contribution >= 4 is 22.8 Å². The highest BCUT2D eigenvalue weighted by atomic mass is 19.1. The molecule has 0 spiro atoms. The molecule has 6 nitrogen and oxygen atoms in total. The van der Waals surface area contributed by atoms with Crippen molar-refractivity contribution in [2.45, 2.75) is 19.3 Å². The number of halogens is 2. The number of benzene rings is 1. The third-order valence-corrected chi connectivity index (χ3v) is 4.29. The molecule has 1 aromatic carbocycles. The number of pyridine rings is 1. The molecular formula is C18H13F2N5O. The number of hydrogen-bond donors (Lipinski definition) is 0. The monoisotopic (exact) mass is 353 g/mol. The summed E-state index contributed by atoms with van der Waals surface area (Å²) in [5.74, 6) is -1.84. The molecule has 130 valence electrons. The Labute approximate surface area is 146 Å². The maximum atomic E-state index is 15.0. The molecule has 3 heterocycles. The molecule has 0 saturated carbocycles. The summed E-state index contributed by atoms with van der Waals surface area (Å²) in [5.41, 5.74) is 1.08. The van der Waals surface area contributed by atoms with Crippen molar-refractivity contribution in [2.75, 3.05) is 0 Å². The van der Waals surface area contributed by atoms with Crippen LogP contribution in [0.25, 0.3) is 16.6 Å². The first-order chi connectivity index (χ1) is 12.6. The van der Waals surface area contributed by atoms with Crippen LogP contribution in [0, 0.1) is 11.6 Å². The summed E-state index contributed by atoms with van der Waals surface area (Å²) in [5, 5.41) is 12.6. The first kappa shape index (κ1) is 16.2. The number of aromatic nitrogens is 5. The lowest BCUT2D eigenvalue weighted by atomic mass is 9.97. The molecule has 4 rings (SSSR count). The highest BCUT2D eigenvalue weighted by Crippen LogP contribution is 2.31. The van der Waals surface area contributed by atoms with E-state index in [0.717, 1.165) is 6.29 Å². The SMILES string of the molecule is CC(c1c(F)cc2ncccc2c1F)c1nnc2ccc(CC=O)nn12. The molecule has 0 aliphatic rings. The molecule has 0 fully saturated rings. The standard InChI is InChI=1S/C18H13F2N5O/c1-10(16-13(19)9-14-12(17(16)20)3-2-7-21-14)18-23-22-15-5-4-11(6-8-26)24-25(15)18/h2-5,7-10H,6H2,1H3. The summed E-state index contributed by atoms with van der Waals surface area (Å²) < 4.78 is 31.0. The zero-order valence-electron chi connectivity index (χ0n) is 13.7. The second-order valence-corrected chi connectivity index (χ2v) is 5.90. The summed E-state index contributed by atoms with van der Waals surface area (Å²) in [6.07, 6.45) is 2.35. The molecule has 0 bridgehead atoms. The van der Waals surface area contributed by atoms with Gasteiger partial charge in [-0.15, -0.1) is 10.2 Å². The Morgan fingerprint density at radius 3 is 2.88 bits per heavy atom. The highest BCUT2D eigenvalue weighted by molar-refractivity contribution is 5.80. The first-order valence-electron chi connectivity index (χ1n) is 7.97. The van der Waals surface area contributed by atoms with Crippen molar-refractivity contribution in [1.82, 2.24) is 24.8 Å². The van der Waals surface area contributed by atoms with Crippen molar-refractivity contribution in [2.24, 2.45) is 0 Å². The van der Waals surface area contributed by atoms with E-state index in [-0.39, 0.29) is 28.7 Å². The second-order valence-electron chi connectivity index (χ2n) is 5.90. The summed E-state index contributed by atoms with van der Waals surface area (Å²) >= 11 is 0. The molecule has 0 N–H and O–H groups in total. The molecule has 0 aliphatic heterocycles. The quantitative estimate of drug-likeness (QED) is 0.528. The van der Waals surface area contributed by atoms with Crippen LogP contribution in [0.2, 0.25) is 0 Å². The van der Waals surface area contributed by atoms with Gasteiger partial charge in [0.2, 0.25) is 0 Å². The minimum Gasteiger partial charge on any atom is -0.303 e. The fourth-order valence-corrected chi connectivity index (χ4v) is 3.00. The molecular weight excluding hydrogens is 340 g/mol. The maximum Gasteiger partial charge on any atom is 0.177 e. The van der Waals surface area contributed by atoms with Crippen molar-refractivity contribution in [3.63, 3.8) is 0 Å². The third-order valence-electron chi connectivity index (χ3n) is 4.29. The van der Waals surface area contributed by atoms with Gasteiger partial charge in [-0.25, -0.2) is 8.78 Å². The van der Waals surface area contributed by atoms with Crippen molar-refractivity contribution in [3.8, 4) is 0 Å². The van der Waals surface area contributed by atoms with Crippen LogP contribution in [0.1, 0.15) is 29.9 Å². The van der Waals surface area contributed by atoms with Gasteiger partial charge in [0, 0.05) is 35.6 Å². The maximum absolute atomic E-state index is 15.0. The third kappa shape index (κ3) is 2.50. The van der Waals surface area contributed by atoms with Crippen LogP contribution >= 0.6 is 0 Å². The van der Waals surface area contributed by atoms with Crippen LogP contribution < -0.4 is 0 Å². The molecule has 8 heteroatoms. The van der Waals surface area contributed by atoms with E-state index in [1.807, 2.05) is 0 Å². The fraction of sp³-hybridized carbons (Fsp3) is 0.167. The zero-order valence-corrected chi connectivity index (χ0v) is 13.7. The Hall–Kier alpha value is -3.29. The fourth-order valence-electron chi connectivity index (χ4n) is 3.00. The van der Waals surface area contributed by atoms with Gasteiger partial charge in [0.25, 0.3) is 0 Å². The number of aldehydes is 1. The van der Waals surface area contributed by atoms with Gasteiger partial charge in [0.15, 0.2) is 11.5 Å². The summed E-state index contributed by atoms with van der Waals surface area (Å²) in [7, 11) is 0. The zero-order chi connectivity index (χ0) is 18.3. The van der Waals surface area contributed by atoms with Gasteiger partial charge in [-0.05, 0) is 24.3 Å². The van der Waals surface area contributed by atoms with E-state index >= 15 is 0 Å². The Bertz CT molecular complexity index is 1140. The van der Waals surface area contributed by atoms with Gasteiger partial charge < -0.3 is 4.79 Å². The Kier molecular flexibility index (Phi) is 3.87. The minimum atomic E-state index is -0.742. The van der Waals surface area contributed by atoms with E-state index in [1.165, 1.54) is 16.8 Å². The Balaban J connectivity index is 1.89. The van der Waals surface area contributed by atoms with Crippen LogP contribution in [0.4, 0.5) is 8.78 Å². The Morgan fingerprint density at radius 1 is 1.23 bits per heavy atom. The lowest BCUT2D eigenvalue weighted by Gasteiger charge is -2.14. The van der Waals surface area contributed by atoms with E-state index < -0.39 is 17.6 Å². The molecule has 0 aliphatic carbocycles. The number of nitrogens with zero attached hydrogens (tertiary/aromatic N) is 5. The predicted octanol–water partition coefficient (Wildman–Crippen LogP) is 2.84. The van der Waals surface area contributed by atoms with E-state index in [9.17, 15) is 13.6 Å². The van der Waals surface area contributed by atoms with Crippen LogP contribution in [-0.4, -0.2) is 31.1 Å². The molecule has 4 aromatic rings. The largest absolute Gasteiger partial charge is 0.303 e. The van der Waals surface area contributed by atoms with Crippen molar-refractivity contribution in [1.29, 1.82) is 0 Å². The van der Waals surface area contributed by atoms with Crippen molar-refractivity contribution in [3.05, 3.63) is 65.2 Å². The normalized spacial score (nSPS) is 12.6. The average molecular weight is 353 g/mol. The van der Waals surface area contributed by atoms with Gasteiger partial charge in [-0.2, -0.15) is 9.61 Å². The number of rotatable bonds is 4. The minimum absolute atomic E-state index is 0.123. The molecule has 1 unspecified atom stereocenters. The van der Waals surface area contributed by atoms with Crippen LogP contribution in [0.3, 0.4) is 0 Å². The molecule has 26 heavy (non-hydrogen) atoms. The van der Waals surface area contributed by atoms with Crippen LogP contribution in [0.15, 0.2) is 36.5 Å². The number of carbonyl (C=O) groups excluding carboxylic acids is 1. The predicted molar refractivity (Wildman–Crippen MR) is 89.7 cm³/mol. The topological polar surface area (TPSA) is 73.0 Å². The van der Waals surface area contributed by atoms with E-state index in [0.29, 0.717) is 11.3 Å². The van der Waals surface area contributed by atoms with Gasteiger partial charge in [-0.3, -0.25) is 4.98 Å². The first-order valence-corrected chi connectivity index (χ1v) is 7.97. The molecule has 1 atom stereocenters. The second kappa shape index (κ2) is 6.21. The summed E-state index contributed by atoms with van der Waals surface area (Å²) in [6.45, 7) is 1.63. The smallest absolute Gasteiger partial charge is 0.177 e. The van der Waals surface area contributed by atoms with E-state index in [2.05, 4.69) is 20.3 Å². The lowest BCUT2D eigenvalue weighted by molar-refractivity contribution is -0.107. The van der Waals surface area contributed by atoms with E-state index in [1.54, 1.807) is 31.2 Å². The number of hydrogen-bond acceptors (Lipinski definition) is 5. The van der Waals surface area contributed by atoms with Gasteiger partial charge >= 0.3 is 0 Å². The summed E-state index contributed by atoms with van der Waals surface area (Å²) in [6, 6.07) is 7.67. The average Bonchev–Trinajstić information content (AvgIpc) is 3.05. The van der Waals surface area contributed by atoms with Gasteiger partial charge in [0.1, 0.15) is 17.9 Å². The van der Waals surface area contributed by atoms with Crippen LogP contribution in [0.5, 0.6) is 0 Å². The van der Waals surface area contributed by atoms with Gasteiger partial charge in [0.05, 0.1) is 11.2 Å². The van der Waals surface area contributed by atoms with Crippen LogP contribution in [-0.2, 0) is 11.2 Å². The Morgan fingerprint density at radius 2 is 2.08 bits per heavy atom. The summed E-state index contributed by atoms with van der Waals surface area (Å²) in [4.78, 5) is 14.7.